The molecule has 0 spiro atoms. The van der Waals surface area contributed by atoms with Gasteiger partial charge < -0.3 is 29.0 Å². The molecular weight excluding hydrogens is 423 g/mol. The van der Waals surface area contributed by atoms with Crippen LogP contribution in [0.5, 0.6) is 5.75 Å². The maximum Gasteiger partial charge on any atom is 0.496 e. The van der Waals surface area contributed by atoms with Gasteiger partial charge in [-0.3, -0.25) is 0 Å². The monoisotopic (exact) mass is 448 g/mol. The van der Waals surface area contributed by atoms with E-state index in [0.717, 1.165) is 0 Å². The lowest BCUT2D eigenvalue weighted by atomic mass is 9.78. The Morgan fingerprint density at radius 2 is 1.97 bits per heavy atom. The normalized spacial score (nSPS) is 19.3. The van der Waals surface area contributed by atoms with Crippen LogP contribution in [-0.4, -0.2) is 77.7 Å². The summed E-state index contributed by atoms with van der Waals surface area (Å²) in [6.07, 6.45) is 0.511. The molecule has 0 unspecified atom stereocenters. The lowest BCUT2D eigenvalue weighted by Gasteiger charge is -2.32. The maximum absolute atomic E-state index is 11.1. The summed E-state index contributed by atoms with van der Waals surface area (Å²) in [6, 6.07) is 1.85. The summed E-state index contributed by atoms with van der Waals surface area (Å²) in [5.41, 5.74) is 0.308. The molecule has 31 heavy (non-hydrogen) atoms. The van der Waals surface area contributed by atoms with Gasteiger partial charge in [0.05, 0.1) is 33.7 Å². The molecular formula is C20H26BClN4O5. The molecule has 2 aliphatic heterocycles. The Morgan fingerprint density at radius 1 is 1.29 bits per heavy atom. The maximum atomic E-state index is 11.1. The van der Waals surface area contributed by atoms with E-state index in [-0.39, 0.29) is 0 Å². The van der Waals surface area contributed by atoms with Crippen molar-refractivity contribution in [2.75, 3.05) is 38.2 Å². The third kappa shape index (κ3) is 3.77. The summed E-state index contributed by atoms with van der Waals surface area (Å²) in [6.45, 7) is 9.65. The van der Waals surface area contributed by atoms with Gasteiger partial charge in [0, 0.05) is 25.6 Å². The van der Waals surface area contributed by atoms with Crippen molar-refractivity contribution in [3.05, 3.63) is 17.4 Å². The van der Waals surface area contributed by atoms with Crippen LogP contribution in [0.1, 0.15) is 27.7 Å². The number of ether oxygens (including phenoxy) is 1. The van der Waals surface area contributed by atoms with Crippen LogP contribution in [0.4, 0.5) is 10.6 Å². The first kappa shape index (κ1) is 21.9. The van der Waals surface area contributed by atoms with Crippen LogP contribution in [0.25, 0.3) is 10.9 Å². The highest BCUT2D eigenvalue weighted by Crippen LogP contribution is 2.41. The van der Waals surface area contributed by atoms with E-state index in [2.05, 4.69) is 9.97 Å². The molecule has 2 aliphatic rings. The summed E-state index contributed by atoms with van der Waals surface area (Å²) in [5.74, 6) is 1.16. The van der Waals surface area contributed by atoms with Gasteiger partial charge in [-0.2, -0.15) is 0 Å². The zero-order valence-corrected chi connectivity index (χ0v) is 19.1. The second-order valence-corrected chi connectivity index (χ2v) is 9.21. The fourth-order valence-corrected chi connectivity index (χ4v) is 3.93. The number of hydrogen-bond acceptors (Lipinski definition) is 7. The van der Waals surface area contributed by atoms with Gasteiger partial charge in [-0.25, -0.2) is 14.8 Å². The number of nitrogens with zero attached hydrogens (tertiary/aromatic N) is 4. The molecule has 2 aromatic rings. The largest absolute Gasteiger partial charge is 0.496 e. The number of halogens is 1. The molecule has 3 heterocycles. The van der Waals surface area contributed by atoms with E-state index < -0.39 is 24.4 Å². The number of carboxylic acid groups (broad SMARTS) is 1. The SMILES string of the molecule is CN(CCN1CCOc2c(Cl)c(B3OC(C)(C)C(C)(C)O3)cc3ncnc1c23)C(=O)O. The lowest BCUT2D eigenvalue weighted by Crippen LogP contribution is -2.41. The Bertz CT molecular complexity index is 1020. The first-order valence-electron chi connectivity index (χ1n) is 10.2. The number of carbonyl (C=O) groups is 1. The van der Waals surface area contributed by atoms with Gasteiger partial charge >= 0.3 is 13.2 Å². The quantitative estimate of drug-likeness (QED) is 0.712. The second-order valence-electron chi connectivity index (χ2n) is 8.83. The second kappa shape index (κ2) is 7.68. The van der Waals surface area contributed by atoms with Crippen molar-refractivity contribution in [2.24, 2.45) is 0 Å². The minimum absolute atomic E-state index is 0.329. The highest BCUT2D eigenvalue weighted by Gasteiger charge is 2.52. The third-order valence-electron chi connectivity index (χ3n) is 6.27. The third-order valence-corrected chi connectivity index (χ3v) is 6.66. The van der Waals surface area contributed by atoms with E-state index in [4.69, 9.17) is 30.8 Å². The van der Waals surface area contributed by atoms with Gasteiger partial charge in [-0.05, 0) is 33.8 Å². The Kier molecular flexibility index (Phi) is 5.43. The molecule has 1 fully saturated rings. The highest BCUT2D eigenvalue weighted by atomic mass is 35.5. The molecule has 0 radical (unpaired) electrons. The van der Waals surface area contributed by atoms with Crippen molar-refractivity contribution in [2.45, 2.75) is 38.9 Å². The Labute approximate surface area is 186 Å². The van der Waals surface area contributed by atoms with E-state index in [9.17, 15) is 4.79 Å². The summed E-state index contributed by atoms with van der Waals surface area (Å²) in [4.78, 5) is 23.3. The summed E-state index contributed by atoms with van der Waals surface area (Å²) >= 11 is 6.80. The van der Waals surface area contributed by atoms with Gasteiger partial charge in [0.2, 0.25) is 0 Å². The number of benzene rings is 1. The number of rotatable bonds is 4. The molecule has 0 saturated carbocycles. The minimum Gasteiger partial charge on any atom is -0.489 e. The molecule has 11 heteroatoms. The van der Waals surface area contributed by atoms with Gasteiger partial charge in [0.1, 0.15) is 18.8 Å². The predicted octanol–water partition coefficient (Wildman–Crippen LogP) is 2.39. The lowest BCUT2D eigenvalue weighted by molar-refractivity contribution is 0.00578. The van der Waals surface area contributed by atoms with E-state index in [1.54, 1.807) is 0 Å². The van der Waals surface area contributed by atoms with E-state index in [1.807, 2.05) is 38.7 Å². The van der Waals surface area contributed by atoms with Crippen LogP contribution in [-0.2, 0) is 9.31 Å². The van der Waals surface area contributed by atoms with Crippen molar-refractivity contribution < 1.29 is 23.9 Å². The van der Waals surface area contributed by atoms with Crippen molar-refractivity contribution in [1.82, 2.24) is 14.9 Å². The van der Waals surface area contributed by atoms with Crippen LogP contribution < -0.4 is 15.1 Å². The minimum atomic E-state index is -0.977. The Balaban J connectivity index is 1.75. The molecule has 0 bridgehead atoms. The fraction of sp³-hybridized carbons (Fsp3) is 0.550. The first-order chi connectivity index (χ1) is 14.5. The van der Waals surface area contributed by atoms with Crippen molar-refractivity contribution in [1.29, 1.82) is 0 Å². The van der Waals surface area contributed by atoms with Crippen molar-refractivity contribution >= 4 is 47.0 Å². The molecule has 166 valence electrons. The Hall–Kier alpha value is -2.30. The number of aromatic nitrogens is 2. The molecule has 0 atom stereocenters. The molecule has 0 aliphatic carbocycles. The fourth-order valence-electron chi connectivity index (χ4n) is 3.63. The summed E-state index contributed by atoms with van der Waals surface area (Å²) < 4.78 is 18.4. The van der Waals surface area contributed by atoms with Gasteiger partial charge in [-0.1, -0.05) is 11.6 Å². The molecule has 1 aromatic carbocycles. The topological polar surface area (TPSA) is 97.3 Å². The van der Waals surface area contributed by atoms with Gasteiger partial charge in [0.25, 0.3) is 0 Å². The van der Waals surface area contributed by atoms with Crippen molar-refractivity contribution in [3.63, 3.8) is 0 Å². The average Bonchev–Trinajstić information content (AvgIpc) is 2.82. The van der Waals surface area contributed by atoms with E-state index in [1.165, 1.54) is 18.3 Å². The van der Waals surface area contributed by atoms with Crippen LogP contribution in [0.3, 0.4) is 0 Å². The standard InChI is InChI=1S/C20H26BClN4O5/c1-19(2)20(3,4)31-21(30-19)12-10-13-14-16(15(12)22)29-9-8-26(17(14)24-11-23-13)7-6-25(5)18(27)28/h10-11H,6-9H2,1-5H3,(H,27,28). The predicted molar refractivity (Wildman–Crippen MR) is 119 cm³/mol. The first-order valence-corrected chi connectivity index (χ1v) is 10.5. The van der Waals surface area contributed by atoms with Crippen LogP contribution in [0.2, 0.25) is 5.02 Å². The van der Waals surface area contributed by atoms with E-state index in [0.29, 0.717) is 59.2 Å². The number of likely N-dealkylation sites (N-methyl/N-ethyl adjacent to an activating group) is 1. The van der Waals surface area contributed by atoms with Crippen LogP contribution >= 0.6 is 11.6 Å². The zero-order chi connectivity index (χ0) is 22.6. The molecule has 1 aromatic heterocycles. The van der Waals surface area contributed by atoms with Crippen molar-refractivity contribution in [3.8, 4) is 5.75 Å². The van der Waals surface area contributed by atoms with Gasteiger partial charge in [0.15, 0.2) is 5.75 Å². The molecule has 1 saturated heterocycles. The zero-order valence-electron chi connectivity index (χ0n) is 18.3. The smallest absolute Gasteiger partial charge is 0.489 e. The molecule has 4 rings (SSSR count). The van der Waals surface area contributed by atoms with Crippen LogP contribution in [0.15, 0.2) is 12.4 Å². The molecule has 9 nitrogen and oxygen atoms in total. The average molecular weight is 449 g/mol. The Morgan fingerprint density at radius 3 is 2.61 bits per heavy atom. The number of anilines is 1. The van der Waals surface area contributed by atoms with Crippen LogP contribution in [0, 0.1) is 0 Å². The molecule has 1 N–H and O–H groups in total. The summed E-state index contributed by atoms with van der Waals surface area (Å²) in [7, 11) is 0.886. The molecule has 1 amide bonds. The number of hydrogen-bond donors (Lipinski definition) is 1. The van der Waals surface area contributed by atoms with Gasteiger partial charge in [-0.15, -0.1) is 0 Å². The number of amides is 1. The highest BCUT2D eigenvalue weighted by molar-refractivity contribution is 6.66. The van der Waals surface area contributed by atoms with E-state index >= 15 is 0 Å². The summed E-state index contributed by atoms with van der Waals surface area (Å²) in [5, 5.41) is 10.2.